The third kappa shape index (κ3) is 2.65. The van der Waals surface area contributed by atoms with Gasteiger partial charge in [-0.3, -0.25) is 4.99 Å². The van der Waals surface area contributed by atoms with Gasteiger partial charge in [-0.2, -0.15) is 0 Å². The normalized spacial score (nSPS) is 12.4. The van der Waals surface area contributed by atoms with E-state index in [4.69, 9.17) is 15.9 Å². The second-order valence-corrected chi connectivity index (χ2v) is 2.69. The summed E-state index contributed by atoms with van der Waals surface area (Å²) in [5, 5.41) is 0. The molecule has 4 N–H and O–H groups in total. The summed E-state index contributed by atoms with van der Waals surface area (Å²) in [5.74, 6) is 1.02. The summed E-state index contributed by atoms with van der Waals surface area (Å²) in [7, 11) is 0. The Labute approximate surface area is 71.3 Å². The molecule has 0 saturated heterocycles. The van der Waals surface area contributed by atoms with Gasteiger partial charge in [-0.05, 0) is 19.1 Å². The predicted octanol–water partition coefficient (Wildman–Crippen LogP) is 0.484. The maximum absolute atomic E-state index is 5.22. The van der Waals surface area contributed by atoms with Crippen molar-refractivity contribution in [3.05, 3.63) is 24.2 Å². The molecule has 0 aliphatic rings. The van der Waals surface area contributed by atoms with Crippen LogP contribution in [-0.2, 0) is 6.42 Å². The second-order valence-electron chi connectivity index (χ2n) is 2.69. The molecule has 1 aromatic rings. The zero-order chi connectivity index (χ0) is 8.97. The third-order valence-electron chi connectivity index (χ3n) is 1.45. The van der Waals surface area contributed by atoms with Gasteiger partial charge in [-0.1, -0.05) is 0 Å². The van der Waals surface area contributed by atoms with Crippen molar-refractivity contribution in [1.29, 1.82) is 0 Å². The fourth-order valence-electron chi connectivity index (χ4n) is 1.02. The standard InChI is InChI=1S/C8H13N3O/c1-6(11-8(9)10)5-7-3-2-4-12-7/h2-4,6H,5H2,1H3,(H4,9,10,11). The van der Waals surface area contributed by atoms with E-state index >= 15 is 0 Å². The van der Waals surface area contributed by atoms with Gasteiger partial charge in [0.15, 0.2) is 5.96 Å². The topological polar surface area (TPSA) is 77.5 Å². The summed E-state index contributed by atoms with van der Waals surface area (Å²) in [4.78, 5) is 3.96. The van der Waals surface area contributed by atoms with Gasteiger partial charge >= 0.3 is 0 Å². The highest BCUT2D eigenvalue weighted by molar-refractivity contribution is 5.75. The molecule has 0 aliphatic heterocycles. The molecule has 12 heavy (non-hydrogen) atoms. The first-order valence-corrected chi connectivity index (χ1v) is 3.79. The number of nitrogens with zero attached hydrogens (tertiary/aromatic N) is 1. The molecular weight excluding hydrogens is 154 g/mol. The van der Waals surface area contributed by atoms with Crippen LogP contribution in [-0.4, -0.2) is 12.0 Å². The number of aliphatic imine (C=N–C) groups is 1. The molecule has 1 atom stereocenters. The molecule has 0 spiro atoms. The van der Waals surface area contributed by atoms with Crippen molar-refractivity contribution in [3.63, 3.8) is 0 Å². The molecule has 0 aromatic carbocycles. The van der Waals surface area contributed by atoms with E-state index in [2.05, 4.69) is 4.99 Å². The van der Waals surface area contributed by atoms with E-state index in [-0.39, 0.29) is 12.0 Å². The highest BCUT2D eigenvalue weighted by Crippen LogP contribution is 2.05. The van der Waals surface area contributed by atoms with Crippen LogP contribution in [0.4, 0.5) is 0 Å². The minimum atomic E-state index is 0.0705. The first-order valence-electron chi connectivity index (χ1n) is 3.79. The number of hydrogen-bond acceptors (Lipinski definition) is 2. The molecule has 0 aliphatic carbocycles. The average molecular weight is 167 g/mol. The Morgan fingerprint density at radius 2 is 2.42 bits per heavy atom. The predicted molar refractivity (Wildman–Crippen MR) is 47.7 cm³/mol. The first-order chi connectivity index (χ1) is 5.68. The molecular formula is C8H13N3O. The monoisotopic (exact) mass is 167 g/mol. The molecule has 0 amide bonds. The summed E-state index contributed by atoms with van der Waals surface area (Å²) >= 11 is 0. The molecule has 4 heteroatoms. The fourth-order valence-corrected chi connectivity index (χ4v) is 1.02. The Kier molecular flexibility index (Phi) is 2.74. The van der Waals surface area contributed by atoms with Crippen molar-refractivity contribution in [3.8, 4) is 0 Å². The molecule has 1 heterocycles. The van der Waals surface area contributed by atoms with Crippen LogP contribution in [0.15, 0.2) is 27.8 Å². The Balaban J connectivity index is 2.47. The second kappa shape index (κ2) is 3.80. The lowest BCUT2D eigenvalue weighted by molar-refractivity contribution is 0.492. The van der Waals surface area contributed by atoms with Crippen molar-refractivity contribution in [2.75, 3.05) is 0 Å². The van der Waals surface area contributed by atoms with Crippen molar-refractivity contribution >= 4 is 5.96 Å². The molecule has 0 bridgehead atoms. The lowest BCUT2D eigenvalue weighted by Crippen LogP contribution is -2.25. The van der Waals surface area contributed by atoms with E-state index in [0.717, 1.165) is 12.2 Å². The van der Waals surface area contributed by atoms with Crippen molar-refractivity contribution in [2.24, 2.45) is 16.5 Å². The number of rotatable bonds is 3. The van der Waals surface area contributed by atoms with Crippen LogP contribution >= 0.6 is 0 Å². The van der Waals surface area contributed by atoms with Crippen LogP contribution in [0.25, 0.3) is 0 Å². The summed E-state index contributed by atoms with van der Waals surface area (Å²) in [6, 6.07) is 3.82. The Morgan fingerprint density at radius 1 is 1.67 bits per heavy atom. The zero-order valence-corrected chi connectivity index (χ0v) is 7.03. The number of hydrogen-bond donors (Lipinski definition) is 2. The molecule has 4 nitrogen and oxygen atoms in total. The Bertz CT molecular complexity index is 249. The zero-order valence-electron chi connectivity index (χ0n) is 7.03. The number of guanidine groups is 1. The molecule has 66 valence electrons. The van der Waals surface area contributed by atoms with E-state index in [1.165, 1.54) is 0 Å². The molecule has 0 radical (unpaired) electrons. The summed E-state index contributed by atoms with van der Waals surface area (Å²) < 4.78 is 5.13. The van der Waals surface area contributed by atoms with Gasteiger partial charge in [0.1, 0.15) is 5.76 Å². The minimum Gasteiger partial charge on any atom is -0.469 e. The summed E-state index contributed by atoms with van der Waals surface area (Å²) in [5.41, 5.74) is 10.4. The maximum Gasteiger partial charge on any atom is 0.186 e. The number of furan rings is 1. The Morgan fingerprint density at radius 3 is 2.92 bits per heavy atom. The molecule has 0 fully saturated rings. The van der Waals surface area contributed by atoms with Crippen LogP contribution in [0.2, 0.25) is 0 Å². The van der Waals surface area contributed by atoms with Crippen LogP contribution in [0, 0.1) is 0 Å². The largest absolute Gasteiger partial charge is 0.469 e. The van der Waals surface area contributed by atoms with Gasteiger partial charge in [-0.15, -0.1) is 0 Å². The minimum absolute atomic E-state index is 0.0705. The van der Waals surface area contributed by atoms with Crippen LogP contribution in [0.3, 0.4) is 0 Å². The fraction of sp³-hybridized carbons (Fsp3) is 0.375. The Hall–Kier alpha value is -1.45. The lowest BCUT2D eigenvalue weighted by atomic mass is 10.2. The van der Waals surface area contributed by atoms with Gasteiger partial charge in [-0.25, -0.2) is 0 Å². The van der Waals surface area contributed by atoms with Crippen LogP contribution < -0.4 is 11.5 Å². The average Bonchev–Trinajstić information content (AvgIpc) is 2.37. The van der Waals surface area contributed by atoms with E-state index < -0.39 is 0 Å². The highest BCUT2D eigenvalue weighted by Gasteiger charge is 2.03. The first kappa shape index (κ1) is 8.64. The van der Waals surface area contributed by atoms with E-state index in [9.17, 15) is 0 Å². The van der Waals surface area contributed by atoms with Crippen LogP contribution in [0.1, 0.15) is 12.7 Å². The van der Waals surface area contributed by atoms with Gasteiger partial charge in [0.25, 0.3) is 0 Å². The molecule has 1 aromatic heterocycles. The SMILES string of the molecule is CC(Cc1ccco1)N=C(N)N. The number of nitrogens with two attached hydrogens (primary N) is 2. The molecule has 1 unspecified atom stereocenters. The highest BCUT2D eigenvalue weighted by atomic mass is 16.3. The van der Waals surface area contributed by atoms with Crippen molar-refractivity contribution < 1.29 is 4.42 Å². The summed E-state index contributed by atoms with van der Waals surface area (Å²) in [6.45, 7) is 1.93. The molecule has 0 saturated carbocycles. The summed E-state index contributed by atoms with van der Waals surface area (Å²) in [6.07, 6.45) is 2.36. The van der Waals surface area contributed by atoms with Gasteiger partial charge in [0.2, 0.25) is 0 Å². The van der Waals surface area contributed by atoms with Gasteiger partial charge in [0.05, 0.1) is 12.3 Å². The van der Waals surface area contributed by atoms with Crippen molar-refractivity contribution in [1.82, 2.24) is 0 Å². The smallest absolute Gasteiger partial charge is 0.186 e. The lowest BCUT2D eigenvalue weighted by Gasteiger charge is -2.02. The quantitative estimate of drug-likeness (QED) is 0.508. The van der Waals surface area contributed by atoms with Gasteiger partial charge in [0, 0.05) is 6.42 Å². The van der Waals surface area contributed by atoms with Crippen molar-refractivity contribution in [2.45, 2.75) is 19.4 Å². The van der Waals surface area contributed by atoms with E-state index in [1.807, 2.05) is 19.1 Å². The van der Waals surface area contributed by atoms with Gasteiger partial charge < -0.3 is 15.9 Å². The molecule has 1 rings (SSSR count). The third-order valence-corrected chi connectivity index (χ3v) is 1.45. The van der Waals surface area contributed by atoms with E-state index in [0.29, 0.717) is 0 Å². The van der Waals surface area contributed by atoms with E-state index in [1.54, 1.807) is 6.26 Å². The van der Waals surface area contributed by atoms with Crippen LogP contribution in [0.5, 0.6) is 0 Å². The maximum atomic E-state index is 5.22.